The zero-order chi connectivity index (χ0) is 40.1. The van der Waals surface area contributed by atoms with Crippen LogP contribution in [-0.4, -0.2) is 107 Å². The molecule has 0 fully saturated rings. The second-order valence-corrected chi connectivity index (χ2v) is 19.4. The maximum atomic E-state index is 10.2. The summed E-state index contributed by atoms with van der Waals surface area (Å²) >= 11 is 0. The third kappa shape index (κ3) is 19.7. The zero-order valence-electron chi connectivity index (χ0n) is 36.9. The van der Waals surface area contributed by atoms with Crippen molar-refractivity contribution in [1.29, 1.82) is 0 Å². The molecule has 9 heteroatoms. The number of hydrogen-bond donors (Lipinski definition) is 6. The second-order valence-electron chi connectivity index (χ2n) is 19.4. The minimum atomic E-state index is -0.472. The van der Waals surface area contributed by atoms with Gasteiger partial charge in [0.05, 0.1) is 54.9 Å². The molecule has 0 rings (SSSR count). The van der Waals surface area contributed by atoms with Crippen molar-refractivity contribution < 1.29 is 29.5 Å². The molecule has 6 N–H and O–H groups in total. The molecule has 0 bridgehead atoms. The highest BCUT2D eigenvalue weighted by molar-refractivity contribution is 4.93. The van der Waals surface area contributed by atoms with E-state index in [0.717, 1.165) is 32.1 Å². The summed E-state index contributed by atoms with van der Waals surface area (Å²) in [5, 5.41) is 41.1. The van der Waals surface area contributed by atoms with E-state index in [-0.39, 0.29) is 58.6 Å². The molecule has 0 heterocycles. The quantitative estimate of drug-likeness (QED) is 0.0479. The third-order valence-electron chi connectivity index (χ3n) is 12.1. The van der Waals surface area contributed by atoms with Crippen molar-refractivity contribution in [3.63, 3.8) is 0 Å². The molecule has 308 valence electrons. The lowest BCUT2D eigenvalue weighted by Crippen LogP contribution is -2.51. The van der Waals surface area contributed by atoms with Crippen LogP contribution in [0.15, 0.2) is 0 Å². The molecule has 0 aromatic carbocycles. The van der Waals surface area contributed by atoms with Crippen molar-refractivity contribution in [2.45, 2.75) is 208 Å². The Balaban J connectivity index is 6.00. The lowest BCUT2D eigenvalue weighted by Gasteiger charge is -2.45. The van der Waals surface area contributed by atoms with Gasteiger partial charge < -0.3 is 45.5 Å². The van der Waals surface area contributed by atoms with Crippen LogP contribution >= 0.6 is 0 Å². The summed E-state index contributed by atoms with van der Waals surface area (Å²) in [7, 11) is 0. The topological polar surface area (TPSA) is 124 Å². The average molecular weight is 732 g/mol. The Morgan fingerprint density at radius 1 is 0.451 bits per heavy atom. The standard InChI is InChI=1S/C42H89N3O6/c1-19-34(46)24-43-39(11,12)30(4)27-49-37(7,8)22-33(42(17,18)51-29-32(6)41(15,16)45-26-36(48)21-3)23-38(9,10)50-28-31(5)40(13,14)44-25-35(47)20-2/h30-36,43-48H,19-29H2,1-18H3. The van der Waals surface area contributed by atoms with E-state index < -0.39 is 16.8 Å². The molecule has 0 saturated carbocycles. The molecule has 0 aliphatic heterocycles. The molecule has 51 heavy (non-hydrogen) atoms. The highest BCUT2D eigenvalue weighted by Gasteiger charge is 2.41. The minimum absolute atomic E-state index is 0.120. The van der Waals surface area contributed by atoms with Gasteiger partial charge in [-0.3, -0.25) is 0 Å². The largest absolute Gasteiger partial charge is 0.392 e. The van der Waals surface area contributed by atoms with E-state index in [1.807, 2.05) is 20.8 Å². The van der Waals surface area contributed by atoms with Crippen molar-refractivity contribution in [1.82, 2.24) is 16.0 Å². The van der Waals surface area contributed by atoms with Crippen LogP contribution in [0.2, 0.25) is 0 Å². The summed E-state index contributed by atoms with van der Waals surface area (Å²) in [6.07, 6.45) is 2.69. The van der Waals surface area contributed by atoms with E-state index in [1.54, 1.807) is 0 Å². The van der Waals surface area contributed by atoms with Crippen molar-refractivity contribution in [2.75, 3.05) is 39.5 Å². The molecule has 0 saturated heterocycles. The molecule has 9 nitrogen and oxygen atoms in total. The van der Waals surface area contributed by atoms with Crippen LogP contribution in [0.25, 0.3) is 0 Å². The number of hydrogen-bond acceptors (Lipinski definition) is 9. The summed E-state index contributed by atoms with van der Waals surface area (Å²) in [5.41, 5.74) is -1.90. The van der Waals surface area contributed by atoms with Gasteiger partial charge in [0.25, 0.3) is 0 Å². The van der Waals surface area contributed by atoms with Crippen LogP contribution in [0.5, 0.6) is 0 Å². The van der Waals surface area contributed by atoms with E-state index in [2.05, 4.69) is 120 Å². The molecule has 6 unspecified atom stereocenters. The molecular weight excluding hydrogens is 642 g/mol. The Labute approximate surface area is 316 Å². The molecule has 0 aliphatic rings. The van der Waals surface area contributed by atoms with Crippen LogP contribution < -0.4 is 16.0 Å². The first-order chi connectivity index (χ1) is 23.1. The summed E-state index contributed by atoms with van der Waals surface area (Å²) < 4.78 is 20.3. The van der Waals surface area contributed by atoms with Gasteiger partial charge in [-0.05, 0) is 139 Å². The van der Waals surface area contributed by atoms with Crippen molar-refractivity contribution in [3.05, 3.63) is 0 Å². The van der Waals surface area contributed by atoms with Gasteiger partial charge in [0, 0.05) is 36.3 Å². The number of aliphatic hydroxyl groups is 3. The average Bonchev–Trinajstić information content (AvgIpc) is 3.04. The van der Waals surface area contributed by atoms with Crippen LogP contribution in [0.3, 0.4) is 0 Å². The smallest absolute Gasteiger partial charge is 0.0662 e. The monoisotopic (exact) mass is 732 g/mol. The number of aliphatic hydroxyl groups excluding tert-OH is 3. The Morgan fingerprint density at radius 2 is 0.706 bits per heavy atom. The van der Waals surface area contributed by atoms with Gasteiger partial charge in [0.2, 0.25) is 0 Å². The number of β-amino-alcohol motifs (C(OH)–C–C–N with tert-alkyl or cyclic N) is 3. The SMILES string of the molecule is CCC(O)CNC(C)(C)C(C)COC(C)(C)CC(CC(C)(C)OCC(C)C(C)(C)NCC(O)CC)C(C)(C)OCC(C)C(C)(C)NCC(O)CC. The predicted molar refractivity (Wildman–Crippen MR) is 215 cm³/mol. The van der Waals surface area contributed by atoms with Gasteiger partial charge in [0.15, 0.2) is 0 Å². The molecule has 0 spiro atoms. The van der Waals surface area contributed by atoms with Crippen molar-refractivity contribution in [3.8, 4) is 0 Å². The van der Waals surface area contributed by atoms with E-state index in [1.165, 1.54) is 0 Å². The van der Waals surface area contributed by atoms with E-state index in [4.69, 9.17) is 14.2 Å². The number of ether oxygens (including phenoxy) is 3. The van der Waals surface area contributed by atoms with Crippen LogP contribution in [0.4, 0.5) is 0 Å². The number of nitrogens with one attached hydrogen (secondary N) is 3. The Morgan fingerprint density at radius 3 is 0.961 bits per heavy atom. The molecule has 0 aliphatic carbocycles. The highest BCUT2D eigenvalue weighted by Crippen LogP contribution is 2.39. The molecule has 0 aromatic rings. The molecule has 0 aromatic heterocycles. The first kappa shape index (κ1) is 50.6. The van der Waals surface area contributed by atoms with E-state index >= 15 is 0 Å². The maximum Gasteiger partial charge on any atom is 0.0662 e. The fraction of sp³-hybridized carbons (Fsp3) is 1.00. The lowest BCUT2D eigenvalue weighted by atomic mass is 9.75. The van der Waals surface area contributed by atoms with Gasteiger partial charge in [-0.1, -0.05) is 41.5 Å². The zero-order valence-corrected chi connectivity index (χ0v) is 36.9. The van der Waals surface area contributed by atoms with Gasteiger partial charge in [-0.25, -0.2) is 0 Å². The molecule has 0 radical (unpaired) electrons. The van der Waals surface area contributed by atoms with Crippen LogP contribution in [0, 0.1) is 23.7 Å². The fourth-order valence-electron chi connectivity index (χ4n) is 5.75. The van der Waals surface area contributed by atoms with Crippen molar-refractivity contribution >= 4 is 0 Å². The first-order valence-electron chi connectivity index (χ1n) is 20.3. The molecule has 6 atom stereocenters. The second kappa shape index (κ2) is 21.7. The number of rotatable bonds is 29. The maximum absolute atomic E-state index is 10.2. The van der Waals surface area contributed by atoms with Gasteiger partial charge in [0.1, 0.15) is 0 Å². The van der Waals surface area contributed by atoms with Crippen LogP contribution in [0.1, 0.15) is 157 Å². The summed E-state index contributed by atoms with van der Waals surface area (Å²) in [6, 6.07) is 0. The van der Waals surface area contributed by atoms with E-state index in [9.17, 15) is 15.3 Å². The van der Waals surface area contributed by atoms with Crippen molar-refractivity contribution in [2.24, 2.45) is 23.7 Å². The Hall–Kier alpha value is -0.360. The predicted octanol–water partition coefficient (Wildman–Crippen LogP) is 7.09. The van der Waals surface area contributed by atoms with Gasteiger partial charge in [-0.2, -0.15) is 0 Å². The van der Waals surface area contributed by atoms with Gasteiger partial charge >= 0.3 is 0 Å². The Bertz CT molecular complexity index is 888. The summed E-state index contributed by atoms with van der Waals surface area (Å²) in [5.74, 6) is 0.776. The molecular formula is C42H89N3O6. The van der Waals surface area contributed by atoms with E-state index in [0.29, 0.717) is 39.5 Å². The summed E-state index contributed by atoms with van der Waals surface area (Å²) in [4.78, 5) is 0. The first-order valence-corrected chi connectivity index (χ1v) is 20.3. The fourth-order valence-corrected chi connectivity index (χ4v) is 5.75. The summed E-state index contributed by atoms with van der Waals surface area (Å²) in [6.45, 7) is 42.3. The highest BCUT2D eigenvalue weighted by atomic mass is 16.5. The van der Waals surface area contributed by atoms with Gasteiger partial charge in [-0.15, -0.1) is 0 Å². The Kier molecular flexibility index (Phi) is 21.5. The van der Waals surface area contributed by atoms with Crippen LogP contribution in [-0.2, 0) is 14.2 Å². The molecule has 0 amide bonds. The third-order valence-corrected chi connectivity index (χ3v) is 12.1. The minimum Gasteiger partial charge on any atom is -0.392 e. The normalized spacial score (nSPS) is 18.3. The lowest BCUT2D eigenvalue weighted by molar-refractivity contribution is -0.140.